The number of aromatic nitrogens is 2. The first kappa shape index (κ1) is 42.4. The Kier molecular flexibility index (Phi) is 12.2. The normalized spacial score (nSPS) is 11.1. The Morgan fingerprint density at radius 2 is 0.881 bits per heavy atom. The van der Waals surface area contributed by atoms with Crippen molar-refractivity contribution in [3.05, 3.63) is 205 Å². The fourth-order valence-corrected chi connectivity index (χ4v) is 9.50. The van der Waals surface area contributed by atoms with Gasteiger partial charge in [0.2, 0.25) is 0 Å². The number of nitrogens with zero attached hydrogens (tertiary/aromatic N) is 6. The lowest BCUT2D eigenvalue weighted by molar-refractivity contribution is 0.305. The Bertz CT molecular complexity index is 3160. The zero-order chi connectivity index (χ0) is 45.5. The van der Waals surface area contributed by atoms with Crippen molar-refractivity contribution in [2.75, 3.05) is 29.5 Å². The van der Waals surface area contributed by atoms with Crippen LogP contribution in [0.5, 0.6) is 5.75 Å². The lowest BCUT2D eigenvalue weighted by atomic mass is 10.1. The van der Waals surface area contributed by atoms with Crippen LogP contribution in [0.25, 0.3) is 61.1 Å². The summed E-state index contributed by atoms with van der Waals surface area (Å²) in [4.78, 5) is 4.68. The van der Waals surface area contributed by atoms with Gasteiger partial charge in [-0.3, -0.25) is 0 Å². The number of para-hydroxylation sites is 4. The number of anilines is 4. The van der Waals surface area contributed by atoms with Gasteiger partial charge < -0.3 is 23.7 Å². The monoisotopic (exact) mass is 870 g/mol. The molecule has 0 spiro atoms. The zero-order valence-electron chi connectivity index (χ0n) is 37.6. The third-order valence-corrected chi connectivity index (χ3v) is 12.8. The third-order valence-electron chi connectivity index (χ3n) is 12.8. The molecule has 10 aromatic rings. The second-order valence-electron chi connectivity index (χ2n) is 16.8. The Balaban J connectivity index is 0.853. The summed E-state index contributed by atoms with van der Waals surface area (Å²) in [6.45, 7) is 4.72. The molecule has 67 heavy (non-hydrogen) atoms. The number of nitriles is 2. The summed E-state index contributed by atoms with van der Waals surface area (Å²) < 4.78 is 11.0. The standard InChI is InChI=1S/C60H50N6O/c1-2-63(46-25-23-44(24-26-46)41-45(42-61)43-62)39-13-3-4-14-40-67-52-37-35-49(36-38-52)64(47-27-31-50(32-28-47)65-57-19-9-5-15-53(57)54-16-6-10-20-58(54)65)48-29-33-51(34-30-48)66-59-21-11-7-17-55(59)56-18-8-12-22-60(56)66/h5-12,15-38,41H,2-4,13-14,39-40H2,1H3. The van der Waals surface area contributed by atoms with Gasteiger partial charge in [0, 0.05) is 68.8 Å². The van der Waals surface area contributed by atoms with E-state index < -0.39 is 0 Å². The van der Waals surface area contributed by atoms with Crippen LogP contribution >= 0.6 is 0 Å². The molecule has 0 atom stereocenters. The number of hydrogen-bond donors (Lipinski definition) is 0. The van der Waals surface area contributed by atoms with Crippen LogP contribution < -0.4 is 14.5 Å². The van der Waals surface area contributed by atoms with Gasteiger partial charge in [0.05, 0.1) is 28.7 Å². The van der Waals surface area contributed by atoms with Crippen LogP contribution in [0.2, 0.25) is 0 Å². The van der Waals surface area contributed by atoms with Crippen molar-refractivity contribution in [2.24, 2.45) is 0 Å². The van der Waals surface area contributed by atoms with Gasteiger partial charge in [-0.1, -0.05) is 97.8 Å². The van der Waals surface area contributed by atoms with Crippen molar-refractivity contribution in [1.29, 1.82) is 10.5 Å². The topological polar surface area (TPSA) is 73.2 Å². The molecule has 326 valence electrons. The van der Waals surface area contributed by atoms with Crippen molar-refractivity contribution in [3.8, 4) is 29.3 Å². The molecule has 0 aliphatic rings. The maximum Gasteiger partial charge on any atom is 0.130 e. The summed E-state index contributed by atoms with van der Waals surface area (Å²) >= 11 is 0. The molecule has 0 aliphatic carbocycles. The first-order chi connectivity index (χ1) is 33.1. The quantitative estimate of drug-likeness (QED) is 0.0714. The van der Waals surface area contributed by atoms with Gasteiger partial charge in [-0.05, 0) is 141 Å². The van der Waals surface area contributed by atoms with Crippen LogP contribution in [0.1, 0.15) is 38.2 Å². The minimum atomic E-state index is 0.107. The highest BCUT2D eigenvalue weighted by atomic mass is 16.5. The van der Waals surface area contributed by atoms with Gasteiger partial charge in [-0.15, -0.1) is 0 Å². The van der Waals surface area contributed by atoms with Crippen LogP contribution in [0.3, 0.4) is 0 Å². The van der Waals surface area contributed by atoms with Crippen molar-refractivity contribution in [1.82, 2.24) is 9.13 Å². The molecule has 2 heterocycles. The molecule has 0 saturated carbocycles. The van der Waals surface area contributed by atoms with E-state index in [4.69, 9.17) is 15.3 Å². The second-order valence-corrected chi connectivity index (χ2v) is 16.8. The Morgan fingerprint density at radius 1 is 0.478 bits per heavy atom. The highest BCUT2D eigenvalue weighted by Gasteiger charge is 2.17. The Morgan fingerprint density at radius 3 is 1.31 bits per heavy atom. The van der Waals surface area contributed by atoms with Crippen LogP contribution in [0.15, 0.2) is 200 Å². The predicted octanol–water partition coefficient (Wildman–Crippen LogP) is 15.2. The number of rotatable bonds is 16. The fraction of sp³-hybridized carbons (Fsp3) is 0.133. The molecule has 10 rings (SSSR count). The van der Waals surface area contributed by atoms with Gasteiger partial charge in [-0.2, -0.15) is 10.5 Å². The van der Waals surface area contributed by atoms with E-state index in [2.05, 4.69) is 208 Å². The van der Waals surface area contributed by atoms with E-state index in [-0.39, 0.29) is 5.57 Å². The summed E-state index contributed by atoms with van der Waals surface area (Å²) in [5, 5.41) is 23.1. The minimum Gasteiger partial charge on any atom is -0.494 e. The molecule has 0 bridgehead atoms. The van der Waals surface area contributed by atoms with E-state index in [9.17, 15) is 0 Å². The summed E-state index contributed by atoms with van der Waals surface area (Å²) in [7, 11) is 0. The second kappa shape index (κ2) is 19.3. The molecule has 0 N–H and O–H groups in total. The minimum absolute atomic E-state index is 0.107. The van der Waals surface area contributed by atoms with Crippen molar-refractivity contribution in [3.63, 3.8) is 0 Å². The zero-order valence-corrected chi connectivity index (χ0v) is 37.6. The molecule has 0 radical (unpaired) electrons. The summed E-state index contributed by atoms with van der Waals surface area (Å²) in [6.07, 6.45) is 5.90. The van der Waals surface area contributed by atoms with Crippen LogP contribution in [0.4, 0.5) is 22.7 Å². The Labute approximate surface area is 391 Å². The molecule has 0 saturated heterocycles. The molecule has 7 heteroatoms. The summed E-state index contributed by atoms with van der Waals surface area (Å²) in [5.41, 5.74) is 12.3. The van der Waals surface area contributed by atoms with Gasteiger partial charge in [-0.25, -0.2) is 0 Å². The van der Waals surface area contributed by atoms with E-state index in [1.54, 1.807) is 6.08 Å². The lowest BCUT2D eigenvalue weighted by Gasteiger charge is -2.26. The van der Waals surface area contributed by atoms with Crippen LogP contribution in [-0.2, 0) is 0 Å². The number of allylic oxidation sites excluding steroid dienone is 1. The van der Waals surface area contributed by atoms with Gasteiger partial charge in [0.25, 0.3) is 0 Å². The van der Waals surface area contributed by atoms with E-state index in [1.165, 1.54) is 43.6 Å². The molecule has 0 unspecified atom stereocenters. The molecule has 0 amide bonds. The lowest BCUT2D eigenvalue weighted by Crippen LogP contribution is -2.23. The van der Waals surface area contributed by atoms with Crippen molar-refractivity contribution in [2.45, 2.75) is 32.6 Å². The van der Waals surface area contributed by atoms with Gasteiger partial charge in [0.15, 0.2) is 0 Å². The molecular weight excluding hydrogens is 821 g/mol. The number of hydrogen-bond acceptors (Lipinski definition) is 5. The number of benzene rings is 8. The van der Waals surface area contributed by atoms with Crippen molar-refractivity contribution < 1.29 is 4.74 Å². The number of ether oxygens (including phenoxy) is 1. The maximum atomic E-state index is 9.08. The Hall–Kier alpha value is -8.52. The molecule has 7 nitrogen and oxygen atoms in total. The highest BCUT2D eigenvalue weighted by molar-refractivity contribution is 6.10. The summed E-state index contributed by atoms with van der Waals surface area (Å²) in [6, 6.07) is 72.8. The van der Waals surface area contributed by atoms with Crippen LogP contribution in [-0.4, -0.2) is 28.8 Å². The average molecular weight is 871 g/mol. The van der Waals surface area contributed by atoms with Gasteiger partial charge in [0.1, 0.15) is 23.5 Å². The number of unbranched alkanes of at least 4 members (excludes halogenated alkanes) is 3. The smallest absolute Gasteiger partial charge is 0.130 e. The summed E-state index contributed by atoms with van der Waals surface area (Å²) in [5.74, 6) is 0.860. The first-order valence-corrected chi connectivity index (χ1v) is 23.2. The molecule has 2 aromatic heterocycles. The van der Waals surface area contributed by atoms with E-state index in [0.29, 0.717) is 6.61 Å². The molecule has 8 aromatic carbocycles. The van der Waals surface area contributed by atoms with E-state index in [0.717, 1.165) is 84.2 Å². The van der Waals surface area contributed by atoms with E-state index >= 15 is 0 Å². The number of fused-ring (bicyclic) bond motifs is 6. The largest absolute Gasteiger partial charge is 0.494 e. The molecular formula is C60H50N6O. The van der Waals surface area contributed by atoms with Crippen molar-refractivity contribution >= 4 is 72.4 Å². The highest BCUT2D eigenvalue weighted by Crippen LogP contribution is 2.39. The SMILES string of the molecule is CCN(CCCCCCOc1ccc(N(c2ccc(-n3c4ccccc4c4ccccc43)cc2)c2ccc(-n3c4ccccc4c4ccccc43)cc2)cc1)c1ccc(C=C(C#N)C#N)cc1. The average Bonchev–Trinajstić information content (AvgIpc) is 3.91. The van der Waals surface area contributed by atoms with Crippen LogP contribution in [0, 0.1) is 22.7 Å². The predicted molar refractivity (Wildman–Crippen MR) is 277 cm³/mol. The third kappa shape index (κ3) is 8.59. The molecule has 0 aliphatic heterocycles. The fourth-order valence-electron chi connectivity index (χ4n) is 9.50. The van der Waals surface area contributed by atoms with E-state index in [1.807, 2.05) is 24.3 Å². The molecule has 0 fully saturated rings. The maximum absolute atomic E-state index is 9.08. The van der Waals surface area contributed by atoms with Gasteiger partial charge >= 0.3 is 0 Å². The first-order valence-electron chi connectivity index (χ1n) is 23.2.